The molecule has 0 radical (unpaired) electrons. The molecule has 0 amide bonds. The summed E-state index contributed by atoms with van der Waals surface area (Å²) in [7, 11) is 0. The molecule has 0 saturated carbocycles. The van der Waals surface area contributed by atoms with Crippen LogP contribution in [0.4, 0.5) is 0 Å². The molecule has 1 aliphatic carbocycles. The molecule has 0 bridgehead atoms. The van der Waals surface area contributed by atoms with Gasteiger partial charge in [0, 0.05) is 5.92 Å². The molecule has 0 aromatic rings. The average molecular weight is 329 g/mol. The highest BCUT2D eigenvalue weighted by atomic mass is 35.5. The normalized spacial score (nSPS) is 20.5. The van der Waals surface area contributed by atoms with Crippen LogP contribution < -0.4 is 0 Å². The molecule has 0 unspecified atom stereocenters. The van der Waals surface area contributed by atoms with Gasteiger partial charge in [-0.3, -0.25) is 14.4 Å². The van der Waals surface area contributed by atoms with E-state index in [4.69, 9.17) is 16.3 Å². The number of halogens is 1. The van der Waals surface area contributed by atoms with Gasteiger partial charge in [0.2, 0.25) is 0 Å². The number of rotatable bonds is 4. The van der Waals surface area contributed by atoms with E-state index < -0.39 is 22.2 Å². The van der Waals surface area contributed by atoms with Gasteiger partial charge in [0.25, 0.3) is 0 Å². The number of hydrogen-bond acceptors (Lipinski definition) is 4. The van der Waals surface area contributed by atoms with E-state index in [-0.39, 0.29) is 28.3 Å². The summed E-state index contributed by atoms with van der Waals surface area (Å²) in [4.78, 5) is 37.1. The second-order valence-corrected chi connectivity index (χ2v) is 8.13. The lowest BCUT2D eigenvalue weighted by molar-refractivity contribution is -0.157. The van der Waals surface area contributed by atoms with Gasteiger partial charge in [-0.25, -0.2) is 0 Å². The molecule has 0 fully saturated rings. The molecule has 5 heteroatoms. The molecule has 0 heterocycles. The van der Waals surface area contributed by atoms with Crippen molar-refractivity contribution in [3.05, 3.63) is 10.8 Å². The standard InChI is InChI=1S/C17H25ClO4/c1-9(2)11(19)16(5,6)14(21)22-12-10(18)15(3,4)13(20)17(12,7)8/h9H,1-8H3. The highest BCUT2D eigenvalue weighted by molar-refractivity contribution is 6.34. The van der Waals surface area contributed by atoms with Crippen LogP contribution in [-0.4, -0.2) is 17.5 Å². The first kappa shape index (κ1) is 18.9. The summed E-state index contributed by atoms with van der Waals surface area (Å²) in [5.41, 5.74) is -3.18. The molecule has 1 aliphatic rings. The van der Waals surface area contributed by atoms with Crippen LogP contribution in [0.1, 0.15) is 55.4 Å². The second-order valence-electron chi connectivity index (χ2n) is 7.76. The molecular formula is C17H25ClO4. The predicted molar refractivity (Wildman–Crippen MR) is 85.2 cm³/mol. The van der Waals surface area contributed by atoms with Crippen LogP contribution in [0, 0.1) is 22.2 Å². The lowest BCUT2D eigenvalue weighted by Crippen LogP contribution is -2.39. The van der Waals surface area contributed by atoms with Crippen LogP contribution in [0.2, 0.25) is 0 Å². The molecule has 0 aromatic heterocycles. The van der Waals surface area contributed by atoms with E-state index in [2.05, 4.69) is 0 Å². The van der Waals surface area contributed by atoms with E-state index in [9.17, 15) is 14.4 Å². The largest absolute Gasteiger partial charge is 0.428 e. The summed E-state index contributed by atoms with van der Waals surface area (Å²) < 4.78 is 5.45. The first-order valence-corrected chi connectivity index (χ1v) is 7.78. The van der Waals surface area contributed by atoms with Crippen molar-refractivity contribution in [1.82, 2.24) is 0 Å². The lowest BCUT2D eigenvalue weighted by Gasteiger charge is -2.27. The van der Waals surface area contributed by atoms with E-state index in [1.807, 2.05) is 0 Å². The Balaban J connectivity index is 3.19. The third-order valence-electron chi connectivity index (χ3n) is 4.30. The minimum Gasteiger partial charge on any atom is -0.428 e. The molecule has 22 heavy (non-hydrogen) atoms. The van der Waals surface area contributed by atoms with Crippen LogP contribution in [0.25, 0.3) is 0 Å². The van der Waals surface area contributed by atoms with Crippen molar-refractivity contribution in [3.8, 4) is 0 Å². The third kappa shape index (κ3) is 2.73. The van der Waals surface area contributed by atoms with Gasteiger partial charge in [-0.1, -0.05) is 25.4 Å². The topological polar surface area (TPSA) is 60.4 Å². The van der Waals surface area contributed by atoms with Crippen molar-refractivity contribution in [2.75, 3.05) is 0 Å². The second kappa shape index (κ2) is 5.48. The first-order valence-electron chi connectivity index (χ1n) is 7.40. The van der Waals surface area contributed by atoms with E-state index in [1.165, 1.54) is 13.8 Å². The van der Waals surface area contributed by atoms with Crippen molar-refractivity contribution in [1.29, 1.82) is 0 Å². The maximum Gasteiger partial charge on any atom is 0.324 e. The molecular weight excluding hydrogens is 304 g/mol. The zero-order valence-electron chi connectivity index (χ0n) is 14.6. The lowest BCUT2D eigenvalue weighted by atomic mass is 9.80. The van der Waals surface area contributed by atoms with Crippen molar-refractivity contribution in [2.45, 2.75) is 55.4 Å². The fraction of sp³-hybridized carbons (Fsp3) is 0.706. The van der Waals surface area contributed by atoms with Crippen molar-refractivity contribution < 1.29 is 19.1 Å². The van der Waals surface area contributed by atoms with E-state index in [1.54, 1.807) is 41.5 Å². The molecule has 0 aliphatic heterocycles. The minimum absolute atomic E-state index is 0.110. The quantitative estimate of drug-likeness (QED) is 0.580. The van der Waals surface area contributed by atoms with Crippen LogP contribution in [0.15, 0.2) is 10.8 Å². The molecule has 0 atom stereocenters. The van der Waals surface area contributed by atoms with Crippen LogP contribution in [0.5, 0.6) is 0 Å². The average Bonchev–Trinajstić information content (AvgIpc) is 2.50. The molecule has 0 aromatic carbocycles. The SMILES string of the molecule is CC(C)C(=O)C(C)(C)C(=O)OC1=C(Cl)C(C)(C)C(=O)C1(C)C. The first-order chi connectivity index (χ1) is 9.68. The number of Topliss-reactive ketones (excluding diaryl/α,β-unsaturated/α-hetero) is 2. The Morgan fingerprint density at radius 2 is 1.55 bits per heavy atom. The van der Waals surface area contributed by atoms with Crippen LogP contribution in [-0.2, 0) is 19.1 Å². The Bertz CT molecular complexity index is 565. The van der Waals surface area contributed by atoms with Crippen molar-refractivity contribution >= 4 is 29.1 Å². The number of ether oxygens (including phenoxy) is 1. The number of carbonyl (C=O) groups excluding carboxylic acids is 3. The highest BCUT2D eigenvalue weighted by Crippen LogP contribution is 2.52. The fourth-order valence-corrected chi connectivity index (χ4v) is 3.12. The third-order valence-corrected chi connectivity index (χ3v) is 4.94. The Hall–Kier alpha value is -1.16. The van der Waals surface area contributed by atoms with Gasteiger partial charge in [-0.15, -0.1) is 0 Å². The molecule has 4 nitrogen and oxygen atoms in total. The molecule has 0 spiro atoms. The highest BCUT2D eigenvalue weighted by Gasteiger charge is 2.55. The van der Waals surface area contributed by atoms with Gasteiger partial charge in [0.1, 0.15) is 11.2 Å². The smallest absolute Gasteiger partial charge is 0.324 e. The number of ketones is 2. The zero-order valence-corrected chi connectivity index (χ0v) is 15.3. The van der Waals surface area contributed by atoms with E-state index >= 15 is 0 Å². The van der Waals surface area contributed by atoms with Gasteiger partial charge >= 0.3 is 5.97 Å². The summed E-state index contributed by atoms with van der Waals surface area (Å²) in [6.07, 6.45) is 0. The van der Waals surface area contributed by atoms with Gasteiger partial charge in [-0.2, -0.15) is 0 Å². The molecule has 1 rings (SSSR count). The summed E-state index contributed by atoms with van der Waals surface area (Å²) in [6, 6.07) is 0. The van der Waals surface area contributed by atoms with Crippen molar-refractivity contribution in [3.63, 3.8) is 0 Å². The molecule has 124 valence electrons. The van der Waals surface area contributed by atoms with E-state index in [0.717, 1.165) is 0 Å². The number of allylic oxidation sites excluding steroid dienone is 2. The van der Waals surface area contributed by atoms with E-state index in [0.29, 0.717) is 0 Å². The minimum atomic E-state index is -1.29. The van der Waals surface area contributed by atoms with Gasteiger partial charge < -0.3 is 4.74 Å². The van der Waals surface area contributed by atoms with Crippen molar-refractivity contribution in [2.24, 2.45) is 22.2 Å². The Kier molecular flexibility index (Phi) is 4.71. The van der Waals surface area contributed by atoms with Crippen LogP contribution >= 0.6 is 11.6 Å². The Labute approximate surface area is 137 Å². The summed E-state index contributed by atoms with van der Waals surface area (Å²) >= 11 is 6.28. The fourth-order valence-electron chi connectivity index (χ4n) is 2.76. The Morgan fingerprint density at radius 1 is 1.09 bits per heavy atom. The van der Waals surface area contributed by atoms with Gasteiger partial charge in [0.05, 0.1) is 15.9 Å². The summed E-state index contributed by atoms with van der Waals surface area (Å²) in [5.74, 6) is -1.14. The van der Waals surface area contributed by atoms with Crippen LogP contribution in [0.3, 0.4) is 0 Å². The Morgan fingerprint density at radius 3 is 1.86 bits per heavy atom. The predicted octanol–water partition coefficient (Wildman–Crippen LogP) is 3.87. The summed E-state index contributed by atoms with van der Waals surface area (Å²) in [6.45, 7) is 13.3. The zero-order chi connectivity index (χ0) is 17.7. The maximum absolute atomic E-state index is 12.5. The summed E-state index contributed by atoms with van der Waals surface area (Å²) in [5, 5.41) is 0.226. The molecule has 0 saturated heterocycles. The number of carbonyl (C=O) groups is 3. The maximum atomic E-state index is 12.5. The van der Waals surface area contributed by atoms with Gasteiger partial charge in [-0.05, 0) is 41.5 Å². The van der Waals surface area contributed by atoms with Gasteiger partial charge in [0.15, 0.2) is 11.6 Å². The monoisotopic (exact) mass is 328 g/mol. The molecule has 0 N–H and O–H groups in total. The number of hydrogen-bond donors (Lipinski definition) is 0. The number of esters is 1.